The van der Waals surface area contributed by atoms with Gasteiger partial charge in [-0.15, -0.1) is 0 Å². The molecule has 6 heteroatoms. The third-order valence-electron chi connectivity index (χ3n) is 4.77. The van der Waals surface area contributed by atoms with Crippen LogP contribution in [-0.4, -0.2) is 26.5 Å². The Labute approximate surface area is 144 Å². The molecule has 0 bridgehead atoms. The van der Waals surface area contributed by atoms with Gasteiger partial charge >= 0.3 is 5.97 Å². The second kappa shape index (κ2) is 5.17. The van der Waals surface area contributed by atoms with Crippen LogP contribution in [0.5, 0.6) is 17.2 Å². The Balaban J connectivity index is 1.76. The molecule has 3 aliphatic heterocycles. The van der Waals surface area contributed by atoms with Crippen LogP contribution in [0.15, 0.2) is 47.7 Å². The molecule has 2 aromatic carbocycles. The van der Waals surface area contributed by atoms with Gasteiger partial charge in [-0.1, -0.05) is 18.2 Å². The number of hydrogen-bond donors (Lipinski definition) is 1. The number of rotatable bonds is 2. The maximum absolute atomic E-state index is 12.4. The highest BCUT2D eigenvalue weighted by atomic mass is 16.7. The Morgan fingerprint density at radius 2 is 1.88 bits per heavy atom. The summed E-state index contributed by atoms with van der Waals surface area (Å²) in [6, 6.07) is 11.5. The fourth-order valence-electron chi connectivity index (χ4n) is 3.66. The van der Waals surface area contributed by atoms with E-state index in [2.05, 4.69) is 5.32 Å². The van der Waals surface area contributed by atoms with Crippen molar-refractivity contribution in [2.45, 2.75) is 5.92 Å². The van der Waals surface area contributed by atoms with Crippen molar-refractivity contribution in [1.82, 2.24) is 0 Å². The van der Waals surface area contributed by atoms with Crippen LogP contribution in [0.1, 0.15) is 17.0 Å². The van der Waals surface area contributed by atoms with Crippen LogP contribution in [0.3, 0.4) is 0 Å². The molecule has 0 spiro atoms. The van der Waals surface area contributed by atoms with Gasteiger partial charge in [0.1, 0.15) is 12.4 Å². The summed E-state index contributed by atoms with van der Waals surface area (Å²) in [6.07, 6.45) is 0. The molecule has 1 N–H and O–H groups in total. The van der Waals surface area contributed by atoms with Crippen molar-refractivity contribution in [2.75, 3.05) is 25.8 Å². The zero-order chi connectivity index (χ0) is 17.0. The lowest BCUT2D eigenvalue weighted by Gasteiger charge is -2.28. The average Bonchev–Trinajstić information content (AvgIpc) is 3.24. The SMILES string of the molecule is COc1ccccc1C1C2=C(COC2=O)Nc2cc3c(cc21)OCO3. The largest absolute Gasteiger partial charge is 0.496 e. The Morgan fingerprint density at radius 3 is 2.72 bits per heavy atom. The minimum absolute atomic E-state index is 0.201. The van der Waals surface area contributed by atoms with Crippen LogP contribution in [0, 0.1) is 0 Å². The Hall–Kier alpha value is -3.15. The molecule has 3 aliphatic rings. The number of anilines is 1. The minimum Gasteiger partial charge on any atom is -0.496 e. The molecule has 3 heterocycles. The maximum Gasteiger partial charge on any atom is 0.337 e. The van der Waals surface area contributed by atoms with Crippen molar-refractivity contribution in [2.24, 2.45) is 0 Å². The highest BCUT2D eigenvalue weighted by molar-refractivity contribution is 5.97. The first-order valence-electron chi connectivity index (χ1n) is 8.00. The molecule has 0 radical (unpaired) electrons. The maximum atomic E-state index is 12.4. The number of fused-ring (bicyclic) bond motifs is 2. The molecular weight excluding hydrogens is 322 g/mol. The van der Waals surface area contributed by atoms with Gasteiger partial charge in [-0.2, -0.15) is 0 Å². The van der Waals surface area contributed by atoms with Gasteiger partial charge in [-0.25, -0.2) is 4.79 Å². The summed E-state index contributed by atoms with van der Waals surface area (Å²) in [5.41, 5.74) is 4.14. The molecule has 1 atom stereocenters. The second-order valence-corrected chi connectivity index (χ2v) is 6.06. The molecular formula is C19H15NO5. The lowest BCUT2D eigenvalue weighted by atomic mass is 9.80. The molecule has 25 heavy (non-hydrogen) atoms. The van der Waals surface area contributed by atoms with Gasteiger partial charge < -0.3 is 24.3 Å². The third-order valence-corrected chi connectivity index (χ3v) is 4.77. The van der Waals surface area contributed by atoms with Crippen LogP contribution in [0.2, 0.25) is 0 Å². The number of cyclic esters (lactones) is 1. The van der Waals surface area contributed by atoms with Crippen LogP contribution in [-0.2, 0) is 9.53 Å². The van der Waals surface area contributed by atoms with Crippen LogP contribution in [0.25, 0.3) is 0 Å². The first-order chi connectivity index (χ1) is 12.3. The average molecular weight is 337 g/mol. The van der Waals surface area contributed by atoms with E-state index in [0.717, 1.165) is 28.3 Å². The van der Waals surface area contributed by atoms with Gasteiger partial charge in [0.15, 0.2) is 11.5 Å². The van der Waals surface area contributed by atoms with E-state index in [1.807, 2.05) is 36.4 Å². The Morgan fingerprint density at radius 1 is 1.08 bits per heavy atom. The van der Waals surface area contributed by atoms with E-state index < -0.39 is 0 Å². The monoisotopic (exact) mass is 337 g/mol. The van der Waals surface area contributed by atoms with Crippen molar-refractivity contribution < 1.29 is 23.7 Å². The van der Waals surface area contributed by atoms with Gasteiger partial charge in [-0.3, -0.25) is 0 Å². The van der Waals surface area contributed by atoms with E-state index in [-0.39, 0.29) is 25.3 Å². The molecule has 126 valence electrons. The third kappa shape index (κ3) is 2.00. The molecule has 6 nitrogen and oxygen atoms in total. The summed E-state index contributed by atoms with van der Waals surface area (Å²) >= 11 is 0. The molecule has 0 saturated carbocycles. The zero-order valence-corrected chi connectivity index (χ0v) is 13.5. The molecule has 0 aliphatic carbocycles. The van der Waals surface area contributed by atoms with Gasteiger partial charge in [-0.05, 0) is 17.7 Å². The highest BCUT2D eigenvalue weighted by Crippen LogP contribution is 2.50. The fraction of sp³-hybridized carbons (Fsp3) is 0.211. The molecule has 2 aromatic rings. The van der Waals surface area contributed by atoms with Gasteiger partial charge in [0, 0.05) is 23.2 Å². The molecule has 1 unspecified atom stereocenters. The number of carbonyl (C=O) groups is 1. The summed E-state index contributed by atoms with van der Waals surface area (Å²) in [4.78, 5) is 12.4. The number of methoxy groups -OCH3 is 1. The molecule has 0 aromatic heterocycles. The van der Waals surface area contributed by atoms with Gasteiger partial charge in [0.05, 0.1) is 18.4 Å². The lowest BCUT2D eigenvalue weighted by Crippen LogP contribution is -2.20. The molecule has 0 amide bonds. The van der Waals surface area contributed by atoms with E-state index in [1.54, 1.807) is 7.11 Å². The minimum atomic E-state index is -0.304. The second-order valence-electron chi connectivity index (χ2n) is 6.06. The van der Waals surface area contributed by atoms with E-state index in [0.29, 0.717) is 17.1 Å². The standard InChI is InChI=1S/C19H15NO5/c1-22-14-5-3-2-4-10(14)17-11-6-15-16(25-9-24-15)7-12(11)20-13-8-23-19(21)18(13)17/h2-7,17,20H,8-9H2,1H3. The van der Waals surface area contributed by atoms with Crippen LogP contribution in [0.4, 0.5) is 5.69 Å². The lowest BCUT2D eigenvalue weighted by molar-refractivity contribution is -0.136. The number of hydrogen-bond acceptors (Lipinski definition) is 6. The Bertz CT molecular complexity index is 933. The summed E-state index contributed by atoms with van der Waals surface area (Å²) in [5, 5.41) is 3.31. The Kier molecular flexibility index (Phi) is 2.94. The highest BCUT2D eigenvalue weighted by Gasteiger charge is 2.40. The van der Waals surface area contributed by atoms with E-state index in [9.17, 15) is 4.79 Å². The topological polar surface area (TPSA) is 66.0 Å². The number of esters is 1. The van der Waals surface area contributed by atoms with E-state index >= 15 is 0 Å². The zero-order valence-electron chi connectivity index (χ0n) is 13.5. The van der Waals surface area contributed by atoms with Crippen molar-refractivity contribution >= 4 is 11.7 Å². The predicted molar refractivity (Wildman–Crippen MR) is 89.0 cm³/mol. The predicted octanol–water partition coefficient (Wildman–Crippen LogP) is 2.79. The van der Waals surface area contributed by atoms with Crippen molar-refractivity contribution in [3.63, 3.8) is 0 Å². The summed E-state index contributed by atoms with van der Waals surface area (Å²) < 4.78 is 21.8. The normalized spacial score (nSPS) is 19.9. The van der Waals surface area contributed by atoms with E-state index in [4.69, 9.17) is 18.9 Å². The number of nitrogens with one attached hydrogen (secondary N) is 1. The van der Waals surface area contributed by atoms with Gasteiger partial charge in [0.2, 0.25) is 6.79 Å². The number of ether oxygens (including phenoxy) is 4. The number of para-hydroxylation sites is 1. The first kappa shape index (κ1) is 14.2. The molecule has 0 fully saturated rings. The smallest absolute Gasteiger partial charge is 0.337 e. The van der Waals surface area contributed by atoms with Crippen molar-refractivity contribution in [3.05, 3.63) is 58.8 Å². The number of carbonyl (C=O) groups excluding carboxylic acids is 1. The quantitative estimate of drug-likeness (QED) is 0.850. The molecule has 5 rings (SSSR count). The number of benzene rings is 2. The van der Waals surface area contributed by atoms with Crippen LogP contribution < -0.4 is 19.5 Å². The van der Waals surface area contributed by atoms with Gasteiger partial charge in [0.25, 0.3) is 0 Å². The van der Waals surface area contributed by atoms with E-state index in [1.165, 1.54) is 0 Å². The fourth-order valence-corrected chi connectivity index (χ4v) is 3.66. The van der Waals surface area contributed by atoms with Crippen LogP contribution >= 0.6 is 0 Å². The summed E-state index contributed by atoms with van der Waals surface area (Å²) in [6.45, 7) is 0.445. The summed E-state index contributed by atoms with van der Waals surface area (Å²) in [5.74, 6) is 1.51. The first-order valence-corrected chi connectivity index (χ1v) is 8.00. The summed E-state index contributed by atoms with van der Waals surface area (Å²) in [7, 11) is 1.63. The van der Waals surface area contributed by atoms with Crippen molar-refractivity contribution in [1.29, 1.82) is 0 Å². The molecule has 0 saturated heterocycles. The van der Waals surface area contributed by atoms with Crippen molar-refractivity contribution in [3.8, 4) is 17.2 Å².